The van der Waals surface area contributed by atoms with E-state index >= 15 is 0 Å². The van der Waals surface area contributed by atoms with E-state index in [9.17, 15) is 9.18 Å². The maximum atomic E-state index is 12.8. The number of hydrogen-bond donors (Lipinski definition) is 2. The molecule has 0 aliphatic rings. The fourth-order valence-electron chi connectivity index (χ4n) is 1.89. The van der Waals surface area contributed by atoms with Gasteiger partial charge in [0.15, 0.2) is 0 Å². The van der Waals surface area contributed by atoms with E-state index in [1.807, 2.05) is 24.3 Å². The Labute approximate surface area is 124 Å². The highest BCUT2D eigenvalue weighted by atomic mass is 19.1. The highest BCUT2D eigenvalue weighted by molar-refractivity contribution is 6.04. The molecule has 3 nitrogen and oxygen atoms in total. The summed E-state index contributed by atoms with van der Waals surface area (Å²) in [5.74, 6) is -0.601. The largest absolute Gasteiger partial charge is 0.385 e. The Morgan fingerprint density at radius 3 is 2.24 bits per heavy atom. The van der Waals surface area contributed by atoms with E-state index in [4.69, 9.17) is 0 Å². The molecule has 0 spiro atoms. The van der Waals surface area contributed by atoms with Crippen molar-refractivity contribution < 1.29 is 9.18 Å². The Morgan fingerprint density at radius 1 is 1.00 bits per heavy atom. The minimum atomic E-state index is -0.353. The van der Waals surface area contributed by atoms with Crippen molar-refractivity contribution >= 4 is 17.3 Å². The first-order valence-electron chi connectivity index (χ1n) is 7.10. The summed E-state index contributed by atoms with van der Waals surface area (Å²) in [4.78, 5) is 12.0. The van der Waals surface area contributed by atoms with E-state index < -0.39 is 0 Å². The van der Waals surface area contributed by atoms with Crippen LogP contribution in [0.1, 0.15) is 30.1 Å². The normalized spacial score (nSPS) is 10.2. The van der Waals surface area contributed by atoms with E-state index in [1.165, 1.54) is 24.3 Å². The van der Waals surface area contributed by atoms with Crippen molar-refractivity contribution in [3.8, 4) is 0 Å². The Hall–Kier alpha value is -2.36. The van der Waals surface area contributed by atoms with Crippen molar-refractivity contribution in [2.45, 2.75) is 19.8 Å². The molecule has 2 N–H and O–H groups in total. The average Bonchev–Trinajstić information content (AvgIpc) is 2.50. The summed E-state index contributed by atoms with van der Waals surface area (Å²) in [6.07, 6.45) is 2.28. The number of benzene rings is 2. The lowest BCUT2D eigenvalue weighted by atomic mass is 10.2. The first kappa shape index (κ1) is 15.0. The Morgan fingerprint density at radius 2 is 1.62 bits per heavy atom. The van der Waals surface area contributed by atoms with Gasteiger partial charge in [-0.25, -0.2) is 4.39 Å². The van der Waals surface area contributed by atoms with Crippen LogP contribution in [0.15, 0.2) is 48.5 Å². The molecule has 0 atom stereocenters. The zero-order chi connectivity index (χ0) is 15.1. The van der Waals surface area contributed by atoms with Gasteiger partial charge in [0, 0.05) is 23.5 Å². The van der Waals surface area contributed by atoms with E-state index in [0.29, 0.717) is 11.3 Å². The summed E-state index contributed by atoms with van der Waals surface area (Å²) < 4.78 is 12.8. The number of halogens is 1. The Bertz CT molecular complexity index is 579. The predicted molar refractivity (Wildman–Crippen MR) is 84.2 cm³/mol. The topological polar surface area (TPSA) is 41.1 Å². The summed E-state index contributed by atoms with van der Waals surface area (Å²) in [6, 6.07) is 13.0. The lowest BCUT2D eigenvalue weighted by molar-refractivity contribution is 0.102. The molecule has 4 heteroatoms. The summed E-state index contributed by atoms with van der Waals surface area (Å²) in [7, 11) is 0. The molecule has 2 aromatic rings. The van der Waals surface area contributed by atoms with Gasteiger partial charge in [0.05, 0.1) is 0 Å². The molecule has 0 heterocycles. The molecule has 0 aliphatic heterocycles. The van der Waals surface area contributed by atoms with Crippen molar-refractivity contribution in [3.05, 3.63) is 59.9 Å². The molecule has 0 radical (unpaired) electrons. The van der Waals surface area contributed by atoms with Gasteiger partial charge in [-0.05, 0) is 55.0 Å². The molecule has 0 unspecified atom stereocenters. The number of carbonyl (C=O) groups is 1. The molecule has 2 aromatic carbocycles. The van der Waals surface area contributed by atoms with Gasteiger partial charge in [-0.15, -0.1) is 0 Å². The smallest absolute Gasteiger partial charge is 0.255 e. The van der Waals surface area contributed by atoms with Crippen molar-refractivity contribution in [1.82, 2.24) is 0 Å². The quantitative estimate of drug-likeness (QED) is 0.778. The molecule has 21 heavy (non-hydrogen) atoms. The number of rotatable bonds is 6. The maximum Gasteiger partial charge on any atom is 0.255 e. The molecular formula is C17H19FN2O. The van der Waals surface area contributed by atoms with E-state index in [-0.39, 0.29) is 11.7 Å². The summed E-state index contributed by atoms with van der Waals surface area (Å²) in [5, 5.41) is 6.09. The van der Waals surface area contributed by atoms with Gasteiger partial charge in [-0.1, -0.05) is 13.3 Å². The van der Waals surface area contributed by atoms with Crippen molar-refractivity contribution in [1.29, 1.82) is 0 Å². The fraction of sp³-hybridized carbons (Fsp3) is 0.235. The number of hydrogen-bond acceptors (Lipinski definition) is 2. The number of anilines is 2. The van der Waals surface area contributed by atoms with Gasteiger partial charge in [-0.2, -0.15) is 0 Å². The average molecular weight is 286 g/mol. The number of nitrogens with one attached hydrogen (secondary N) is 2. The monoisotopic (exact) mass is 286 g/mol. The van der Waals surface area contributed by atoms with Crippen LogP contribution in [0.3, 0.4) is 0 Å². The van der Waals surface area contributed by atoms with Crippen molar-refractivity contribution in [3.63, 3.8) is 0 Å². The van der Waals surface area contributed by atoms with Gasteiger partial charge in [0.1, 0.15) is 5.82 Å². The summed E-state index contributed by atoms with van der Waals surface area (Å²) in [6.45, 7) is 3.09. The molecule has 0 aromatic heterocycles. The molecule has 2 rings (SSSR count). The summed E-state index contributed by atoms with van der Waals surface area (Å²) >= 11 is 0. The van der Waals surface area contributed by atoms with E-state index in [2.05, 4.69) is 17.6 Å². The van der Waals surface area contributed by atoms with Gasteiger partial charge in [0.25, 0.3) is 5.91 Å². The molecule has 110 valence electrons. The van der Waals surface area contributed by atoms with Gasteiger partial charge in [-0.3, -0.25) is 4.79 Å². The Balaban J connectivity index is 1.93. The van der Waals surface area contributed by atoms with Crippen LogP contribution in [0.4, 0.5) is 15.8 Å². The predicted octanol–water partition coefficient (Wildman–Crippen LogP) is 4.29. The van der Waals surface area contributed by atoms with Gasteiger partial charge >= 0.3 is 0 Å². The summed E-state index contributed by atoms with van der Waals surface area (Å²) in [5.41, 5.74) is 2.18. The second-order valence-electron chi connectivity index (χ2n) is 4.82. The molecule has 0 fully saturated rings. The second-order valence-corrected chi connectivity index (χ2v) is 4.82. The zero-order valence-corrected chi connectivity index (χ0v) is 12.0. The molecule has 0 bridgehead atoms. The maximum absolute atomic E-state index is 12.8. The first-order chi connectivity index (χ1) is 10.2. The van der Waals surface area contributed by atoms with Crippen LogP contribution in [0, 0.1) is 5.82 Å². The third kappa shape index (κ3) is 4.60. The van der Waals surface area contributed by atoms with Crippen LogP contribution in [-0.4, -0.2) is 12.5 Å². The Kier molecular flexibility index (Phi) is 5.32. The zero-order valence-electron chi connectivity index (χ0n) is 12.0. The van der Waals surface area contributed by atoms with E-state index in [0.717, 1.165) is 25.1 Å². The van der Waals surface area contributed by atoms with Crippen LogP contribution < -0.4 is 10.6 Å². The van der Waals surface area contributed by atoms with Gasteiger partial charge < -0.3 is 10.6 Å². The molecular weight excluding hydrogens is 267 g/mol. The minimum Gasteiger partial charge on any atom is -0.385 e. The van der Waals surface area contributed by atoms with Crippen LogP contribution in [0.2, 0.25) is 0 Å². The lowest BCUT2D eigenvalue weighted by Crippen LogP contribution is -2.11. The second kappa shape index (κ2) is 7.43. The van der Waals surface area contributed by atoms with Gasteiger partial charge in [0.2, 0.25) is 0 Å². The van der Waals surface area contributed by atoms with Crippen LogP contribution in [-0.2, 0) is 0 Å². The number of amides is 1. The molecule has 0 aliphatic carbocycles. The highest BCUT2D eigenvalue weighted by Crippen LogP contribution is 2.15. The van der Waals surface area contributed by atoms with Crippen molar-refractivity contribution in [2.24, 2.45) is 0 Å². The van der Waals surface area contributed by atoms with Crippen molar-refractivity contribution in [2.75, 3.05) is 17.2 Å². The molecule has 0 saturated heterocycles. The number of carbonyl (C=O) groups excluding carboxylic acids is 1. The van der Waals surface area contributed by atoms with Crippen LogP contribution >= 0.6 is 0 Å². The minimum absolute atomic E-state index is 0.248. The standard InChI is InChI=1S/C17H19FN2O/c1-2-3-12-19-15-8-10-16(11-9-15)20-17(21)13-4-6-14(18)7-5-13/h4-11,19H,2-3,12H2,1H3,(H,20,21). The molecule has 1 amide bonds. The lowest BCUT2D eigenvalue weighted by Gasteiger charge is -2.08. The third-order valence-electron chi connectivity index (χ3n) is 3.11. The van der Waals surface area contributed by atoms with E-state index in [1.54, 1.807) is 0 Å². The SMILES string of the molecule is CCCCNc1ccc(NC(=O)c2ccc(F)cc2)cc1. The number of unbranched alkanes of at least 4 members (excludes halogenated alkanes) is 1. The molecule has 0 saturated carbocycles. The fourth-order valence-corrected chi connectivity index (χ4v) is 1.89. The highest BCUT2D eigenvalue weighted by Gasteiger charge is 2.05. The van der Waals surface area contributed by atoms with Crippen LogP contribution in [0.5, 0.6) is 0 Å². The van der Waals surface area contributed by atoms with Crippen LogP contribution in [0.25, 0.3) is 0 Å². The first-order valence-corrected chi connectivity index (χ1v) is 7.10. The third-order valence-corrected chi connectivity index (χ3v) is 3.11.